The molecule has 74 valence electrons. The van der Waals surface area contributed by atoms with E-state index in [-0.39, 0.29) is 5.56 Å². The minimum atomic E-state index is -0.927. The van der Waals surface area contributed by atoms with Gasteiger partial charge in [-0.3, -0.25) is 0 Å². The maximum atomic E-state index is 10.6. The van der Waals surface area contributed by atoms with Crippen molar-refractivity contribution < 1.29 is 14.6 Å². The van der Waals surface area contributed by atoms with E-state index in [2.05, 4.69) is 6.58 Å². The molecule has 0 aliphatic carbocycles. The molecule has 1 aromatic rings. The van der Waals surface area contributed by atoms with Crippen molar-refractivity contribution >= 4 is 5.97 Å². The molecule has 0 amide bonds. The average Bonchev–Trinajstić information content (AvgIpc) is 2.15. The third kappa shape index (κ3) is 2.36. The van der Waals surface area contributed by atoms with Gasteiger partial charge in [-0.15, -0.1) is 0 Å². The van der Waals surface area contributed by atoms with Gasteiger partial charge in [0.05, 0.1) is 5.56 Å². The standard InChI is InChI=1S/C11H12O3/c1-3-6-14-10-5-4-9(11(12)13)7-8(10)2/h3-5,7H,1,6H2,2H3,(H,12,13). The van der Waals surface area contributed by atoms with E-state index in [4.69, 9.17) is 9.84 Å². The van der Waals surface area contributed by atoms with Crippen LogP contribution in [0.1, 0.15) is 15.9 Å². The Labute approximate surface area is 82.6 Å². The van der Waals surface area contributed by atoms with Gasteiger partial charge >= 0.3 is 5.97 Å². The van der Waals surface area contributed by atoms with E-state index in [1.54, 1.807) is 18.2 Å². The molecule has 0 aliphatic rings. The summed E-state index contributed by atoms with van der Waals surface area (Å²) in [5.41, 5.74) is 1.08. The number of hydrogen-bond donors (Lipinski definition) is 1. The van der Waals surface area contributed by atoms with Gasteiger partial charge in [0.1, 0.15) is 12.4 Å². The van der Waals surface area contributed by atoms with Crippen molar-refractivity contribution in [1.82, 2.24) is 0 Å². The molecule has 0 spiro atoms. The second-order valence-electron chi connectivity index (χ2n) is 2.89. The normalized spacial score (nSPS) is 9.50. The Morgan fingerprint density at radius 3 is 2.86 bits per heavy atom. The number of hydrogen-bond acceptors (Lipinski definition) is 2. The summed E-state index contributed by atoms with van der Waals surface area (Å²) >= 11 is 0. The van der Waals surface area contributed by atoms with E-state index in [0.717, 1.165) is 5.56 Å². The molecule has 0 aliphatic heterocycles. The third-order valence-electron chi connectivity index (χ3n) is 1.78. The summed E-state index contributed by atoms with van der Waals surface area (Å²) < 4.78 is 5.31. The average molecular weight is 192 g/mol. The molecule has 0 saturated heterocycles. The van der Waals surface area contributed by atoms with Crippen molar-refractivity contribution in [1.29, 1.82) is 0 Å². The molecule has 0 bridgehead atoms. The van der Waals surface area contributed by atoms with Crippen molar-refractivity contribution in [3.05, 3.63) is 42.0 Å². The van der Waals surface area contributed by atoms with E-state index in [9.17, 15) is 4.79 Å². The SMILES string of the molecule is C=CCOc1ccc(C(=O)O)cc1C. The van der Waals surface area contributed by atoms with Gasteiger partial charge in [-0.05, 0) is 30.7 Å². The molecule has 0 atom stereocenters. The van der Waals surface area contributed by atoms with Crippen LogP contribution in [0.3, 0.4) is 0 Å². The summed E-state index contributed by atoms with van der Waals surface area (Å²) in [4.78, 5) is 10.6. The van der Waals surface area contributed by atoms with Crippen LogP contribution >= 0.6 is 0 Å². The first kappa shape index (κ1) is 10.3. The minimum absolute atomic E-state index is 0.272. The molecule has 0 radical (unpaired) electrons. The van der Waals surface area contributed by atoms with Crippen LogP contribution in [0, 0.1) is 6.92 Å². The van der Waals surface area contributed by atoms with E-state index < -0.39 is 5.97 Å². The maximum Gasteiger partial charge on any atom is 0.335 e. The number of aryl methyl sites for hydroxylation is 1. The van der Waals surface area contributed by atoms with Gasteiger partial charge in [-0.25, -0.2) is 4.79 Å². The Morgan fingerprint density at radius 1 is 1.64 bits per heavy atom. The Morgan fingerprint density at radius 2 is 2.36 bits per heavy atom. The smallest absolute Gasteiger partial charge is 0.335 e. The quantitative estimate of drug-likeness (QED) is 0.744. The largest absolute Gasteiger partial charge is 0.489 e. The first-order chi connectivity index (χ1) is 6.65. The van der Waals surface area contributed by atoms with Crippen LogP contribution in [-0.2, 0) is 0 Å². The van der Waals surface area contributed by atoms with Crippen molar-refractivity contribution in [3.63, 3.8) is 0 Å². The van der Waals surface area contributed by atoms with Crippen LogP contribution in [0.4, 0.5) is 0 Å². The third-order valence-corrected chi connectivity index (χ3v) is 1.78. The van der Waals surface area contributed by atoms with Gasteiger partial charge in [0.25, 0.3) is 0 Å². The molecular weight excluding hydrogens is 180 g/mol. The zero-order chi connectivity index (χ0) is 10.6. The van der Waals surface area contributed by atoms with Crippen LogP contribution in [-0.4, -0.2) is 17.7 Å². The number of aromatic carboxylic acids is 1. The zero-order valence-corrected chi connectivity index (χ0v) is 7.99. The highest BCUT2D eigenvalue weighted by molar-refractivity contribution is 5.88. The number of ether oxygens (including phenoxy) is 1. The number of benzene rings is 1. The van der Waals surface area contributed by atoms with Gasteiger partial charge in [-0.1, -0.05) is 12.7 Å². The zero-order valence-electron chi connectivity index (χ0n) is 7.99. The van der Waals surface area contributed by atoms with Crippen molar-refractivity contribution in [2.45, 2.75) is 6.92 Å². The van der Waals surface area contributed by atoms with Gasteiger partial charge < -0.3 is 9.84 Å². The molecule has 0 aromatic heterocycles. The van der Waals surface area contributed by atoms with Crippen LogP contribution < -0.4 is 4.74 Å². The summed E-state index contributed by atoms with van der Waals surface area (Å²) in [7, 11) is 0. The molecule has 1 aromatic carbocycles. The summed E-state index contributed by atoms with van der Waals surface area (Å²) in [6.45, 7) is 5.77. The van der Waals surface area contributed by atoms with E-state index in [1.807, 2.05) is 6.92 Å². The van der Waals surface area contributed by atoms with Crippen LogP contribution in [0.15, 0.2) is 30.9 Å². The van der Waals surface area contributed by atoms with Crippen molar-refractivity contribution in [2.75, 3.05) is 6.61 Å². The fourth-order valence-electron chi connectivity index (χ4n) is 1.09. The van der Waals surface area contributed by atoms with Gasteiger partial charge in [-0.2, -0.15) is 0 Å². The molecule has 3 nitrogen and oxygen atoms in total. The molecule has 0 unspecified atom stereocenters. The molecule has 14 heavy (non-hydrogen) atoms. The second kappa shape index (κ2) is 4.46. The van der Waals surface area contributed by atoms with Gasteiger partial charge in [0.15, 0.2) is 0 Å². The highest BCUT2D eigenvalue weighted by Gasteiger charge is 2.05. The predicted octanol–water partition coefficient (Wildman–Crippen LogP) is 2.26. The Balaban J connectivity index is 2.89. The summed E-state index contributed by atoms with van der Waals surface area (Å²) in [6, 6.07) is 4.76. The molecule has 3 heteroatoms. The fourth-order valence-corrected chi connectivity index (χ4v) is 1.09. The second-order valence-corrected chi connectivity index (χ2v) is 2.89. The van der Waals surface area contributed by atoms with Crippen LogP contribution in [0.25, 0.3) is 0 Å². The van der Waals surface area contributed by atoms with Crippen LogP contribution in [0.2, 0.25) is 0 Å². The summed E-state index contributed by atoms with van der Waals surface area (Å²) in [6.07, 6.45) is 1.64. The lowest BCUT2D eigenvalue weighted by atomic mass is 10.1. The molecule has 1 N–H and O–H groups in total. The van der Waals surface area contributed by atoms with Crippen molar-refractivity contribution in [2.24, 2.45) is 0 Å². The number of carbonyl (C=O) groups is 1. The minimum Gasteiger partial charge on any atom is -0.489 e. The number of carboxylic acids is 1. The number of carboxylic acid groups (broad SMARTS) is 1. The highest BCUT2D eigenvalue weighted by Crippen LogP contribution is 2.18. The first-order valence-corrected chi connectivity index (χ1v) is 4.23. The Kier molecular flexibility index (Phi) is 3.29. The van der Waals surface area contributed by atoms with Gasteiger partial charge in [0, 0.05) is 0 Å². The molecule has 1 rings (SSSR count). The highest BCUT2D eigenvalue weighted by atomic mass is 16.5. The molecular formula is C11H12O3. The Bertz CT molecular complexity index is 356. The Hall–Kier alpha value is -1.77. The first-order valence-electron chi connectivity index (χ1n) is 4.23. The topological polar surface area (TPSA) is 46.5 Å². The number of rotatable bonds is 4. The van der Waals surface area contributed by atoms with E-state index >= 15 is 0 Å². The van der Waals surface area contributed by atoms with Crippen molar-refractivity contribution in [3.8, 4) is 5.75 Å². The molecule has 0 saturated carbocycles. The lowest BCUT2D eigenvalue weighted by Crippen LogP contribution is -1.99. The lowest BCUT2D eigenvalue weighted by molar-refractivity contribution is 0.0696. The van der Waals surface area contributed by atoms with E-state index in [0.29, 0.717) is 12.4 Å². The predicted molar refractivity (Wildman–Crippen MR) is 53.8 cm³/mol. The summed E-state index contributed by atoms with van der Waals surface area (Å²) in [5.74, 6) is -0.238. The van der Waals surface area contributed by atoms with Gasteiger partial charge in [0.2, 0.25) is 0 Å². The molecule has 0 heterocycles. The fraction of sp³-hybridized carbons (Fsp3) is 0.182. The summed E-state index contributed by atoms with van der Waals surface area (Å²) in [5, 5.41) is 8.72. The van der Waals surface area contributed by atoms with Crippen LogP contribution in [0.5, 0.6) is 5.75 Å². The van der Waals surface area contributed by atoms with E-state index in [1.165, 1.54) is 6.07 Å². The lowest BCUT2D eigenvalue weighted by Gasteiger charge is -2.07. The monoisotopic (exact) mass is 192 g/mol. The maximum absolute atomic E-state index is 10.6. The molecule has 0 fully saturated rings.